The van der Waals surface area contributed by atoms with Gasteiger partial charge in [0.25, 0.3) is 5.91 Å². The van der Waals surface area contributed by atoms with Crippen LogP contribution >= 0.6 is 0 Å². The Labute approximate surface area is 169 Å². The summed E-state index contributed by atoms with van der Waals surface area (Å²) in [5.74, 6) is -0.313. The van der Waals surface area contributed by atoms with Crippen LogP contribution in [0, 0.1) is 5.92 Å². The fourth-order valence-electron chi connectivity index (χ4n) is 4.88. The van der Waals surface area contributed by atoms with E-state index in [1.807, 2.05) is 12.1 Å². The third kappa shape index (κ3) is 3.00. The lowest BCUT2D eigenvalue weighted by molar-refractivity contribution is 0.0635. The predicted octanol–water partition coefficient (Wildman–Crippen LogP) is 4.38. The summed E-state index contributed by atoms with van der Waals surface area (Å²) in [6, 6.07) is 16.9. The molecule has 1 N–H and O–H groups in total. The first-order chi connectivity index (χ1) is 14.1. The van der Waals surface area contributed by atoms with Gasteiger partial charge < -0.3 is 10.0 Å². The van der Waals surface area contributed by atoms with Gasteiger partial charge in [-0.2, -0.15) is 0 Å². The topological polar surface area (TPSA) is 57.6 Å². The maximum absolute atomic E-state index is 13.4. The van der Waals surface area contributed by atoms with E-state index in [1.165, 1.54) is 22.6 Å². The highest BCUT2D eigenvalue weighted by Crippen LogP contribution is 2.34. The van der Waals surface area contributed by atoms with Gasteiger partial charge in [-0.25, -0.2) is 0 Å². The number of hydrogen-bond donors (Lipinski definition) is 1. The number of hydrogen-bond acceptors (Lipinski definition) is 3. The van der Waals surface area contributed by atoms with Gasteiger partial charge >= 0.3 is 0 Å². The van der Waals surface area contributed by atoms with Crippen LogP contribution in [-0.2, 0) is 12.8 Å². The monoisotopic (exact) mass is 385 g/mol. The maximum atomic E-state index is 13.4. The standard InChI is InChI=1S/C25H23NO3/c27-22-9-2-1-7-21(22)25(29)26-14-4-6-18(15-26)24(28)20-13-12-17-11-10-16-5-3-8-19(20)23(16)17/h1-3,5,7-9,12-13,18,27H,4,6,10-11,14-15H2. The number of rotatable bonds is 3. The Morgan fingerprint density at radius 2 is 1.69 bits per heavy atom. The molecule has 1 amide bonds. The van der Waals surface area contributed by atoms with Crippen LogP contribution in [0.3, 0.4) is 0 Å². The van der Waals surface area contributed by atoms with Crippen LogP contribution in [0.1, 0.15) is 44.7 Å². The lowest BCUT2D eigenvalue weighted by Gasteiger charge is -2.32. The van der Waals surface area contributed by atoms with Crippen molar-refractivity contribution in [1.29, 1.82) is 0 Å². The molecule has 4 heteroatoms. The van der Waals surface area contributed by atoms with Crippen molar-refractivity contribution in [1.82, 2.24) is 4.90 Å². The normalized spacial score (nSPS) is 18.2. The van der Waals surface area contributed by atoms with E-state index >= 15 is 0 Å². The molecule has 1 aliphatic heterocycles. The second-order valence-corrected chi connectivity index (χ2v) is 8.08. The number of phenolic OH excluding ortho intramolecular Hbond substituents is 1. The molecular weight excluding hydrogens is 362 g/mol. The van der Waals surface area contributed by atoms with Crippen LogP contribution in [0.4, 0.5) is 0 Å². The van der Waals surface area contributed by atoms with Crippen LogP contribution in [0.2, 0.25) is 0 Å². The minimum absolute atomic E-state index is 0.0153. The molecule has 1 aliphatic carbocycles. The van der Waals surface area contributed by atoms with Gasteiger partial charge in [-0.15, -0.1) is 0 Å². The highest BCUT2D eigenvalue weighted by molar-refractivity contribution is 6.11. The lowest BCUT2D eigenvalue weighted by atomic mass is 9.87. The van der Waals surface area contributed by atoms with Crippen LogP contribution in [0.15, 0.2) is 54.6 Å². The molecule has 3 aromatic rings. The molecule has 1 atom stereocenters. The van der Waals surface area contributed by atoms with Gasteiger partial charge in [0, 0.05) is 24.6 Å². The summed E-state index contributed by atoms with van der Waals surface area (Å²) in [7, 11) is 0. The molecule has 2 aliphatic rings. The van der Waals surface area contributed by atoms with E-state index in [0.29, 0.717) is 18.7 Å². The Balaban J connectivity index is 1.43. The number of Topliss-reactive ketones (excluding diaryl/α,β-unsaturated/α-hetero) is 1. The molecule has 0 spiro atoms. The van der Waals surface area contributed by atoms with E-state index in [-0.39, 0.29) is 23.4 Å². The van der Waals surface area contributed by atoms with Crippen molar-refractivity contribution in [2.24, 2.45) is 5.92 Å². The molecule has 5 rings (SSSR count). The smallest absolute Gasteiger partial charge is 0.257 e. The number of benzene rings is 3. The summed E-state index contributed by atoms with van der Waals surface area (Å²) in [5.41, 5.74) is 3.72. The highest BCUT2D eigenvalue weighted by Gasteiger charge is 2.31. The van der Waals surface area contributed by atoms with Gasteiger partial charge in [0.05, 0.1) is 5.56 Å². The first kappa shape index (κ1) is 17.9. The Bertz CT molecular complexity index is 1120. The Kier molecular flexibility index (Phi) is 4.35. The van der Waals surface area contributed by atoms with Crippen molar-refractivity contribution in [3.63, 3.8) is 0 Å². The summed E-state index contributed by atoms with van der Waals surface area (Å²) in [4.78, 5) is 28.0. The van der Waals surface area contributed by atoms with Crippen molar-refractivity contribution >= 4 is 22.5 Å². The number of aryl methyl sites for hydroxylation is 2. The second kappa shape index (κ2) is 7.03. The van der Waals surface area contributed by atoms with Crippen LogP contribution in [0.5, 0.6) is 5.75 Å². The van der Waals surface area contributed by atoms with Crippen LogP contribution < -0.4 is 0 Å². The molecule has 1 saturated heterocycles. The van der Waals surface area contributed by atoms with Gasteiger partial charge in [-0.05, 0) is 59.7 Å². The number of ketones is 1. The summed E-state index contributed by atoms with van der Waals surface area (Å²) in [6.45, 7) is 1.01. The number of phenols is 1. The van der Waals surface area contributed by atoms with Crippen molar-refractivity contribution < 1.29 is 14.7 Å². The van der Waals surface area contributed by atoms with Gasteiger partial charge in [0.15, 0.2) is 5.78 Å². The third-order valence-corrected chi connectivity index (χ3v) is 6.36. The Morgan fingerprint density at radius 3 is 2.52 bits per heavy atom. The molecule has 0 saturated carbocycles. The first-order valence-corrected chi connectivity index (χ1v) is 10.3. The largest absolute Gasteiger partial charge is 0.507 e. The quantitative estimate of drug-likeness (QED) is 0.681. The average molecular weight is 385 g/mol. The van der Waals surface area contributed by atoms with Crippen molar-refractivity contribution in [2.45, 2.75) is 25.7 Å². The van der Waals surface area contributed by atoms with Gasteiger partial charge in [-0.3, -0.25) is 9.59 Å². The molecular formula is C25H23NO3. The number of nitrogens with zero attached hydrogens (tertiary/aromatic N) is 1. The number of carbonyl (C=O) groups excluding carboxylic acids is 2. The summed E-state index contributed by atoms with van der Waals surface area (Å²) >= 11 is 0. The van der Waals surface area contributed by atoms with Gasteiger partial charge in [-0.1, -0.05) is 42.5 Å². The van der Waals surface area contributed by atoms with Crippen molar-refractivity contribution in [2.75, 3.05) is 13.1 Å². The Morgan fingerprint density at radius 1 is 0.897 bits per heavy atom. The van der Waals surface area contributed by atoms with Crippen molar-refractivity contribution in [3.8, 4) is 5.75 Å². The first-order valence-electron chi connectivity index (χ1n) is 10.3. The fourth-order valence-corrected chi connectivity index (χ4v) is 4.88. The number of amides is 1. The molecule has 4 nitrogen and oxygen atoms in total. The number of carbonyl (C=O) groups is 2. The summed E-state index contributed by atoms with van der Waals surface area (Å²) in [5, 5.41) is 12.3. The molecule has 1 unspecified atom stereocenters. The second-order valence-electron chi connectivity index (χ2n) is 8.08. The summed E-state index contributed by atoms with van der Waals surface area (Å²) in [6.07, 6.45) is 3.65. The van der Waals surface area contributed by atoms with Gasteiger partial charge in [0.1, 0.15) is 5.75 Å². The van der Waals surface area contributed by atoms with E-state index in [1.54, 1.807) is 23.1 Å². The highest BCUT2D eigenvalue weighted by atomic mass is 16.3. The zero-order valence-electron chi connectivity index (χ0n) is 16.2. The van der Waals surface area contributed by atoms with Crippen LogP contribution in [0.25, 0.3) is 10.8 Å². The minimum Gasteiger partial charge on any atom is -0.507 e. The van der Waals surface area contributed by atoms with E-state index in [4.69, 9.17) is 0 Å². The van der Waals surface area contributed by atoms with Gasteiger partial charge in [0.2, 0.25) is 0 Å². The molecule has 0 aromatic heterocycles. The average Bonchev–Trinajstić information content (AvgIpc) is 3.18. The molecule has 0 radical (unpaired) electrons. The van der Waals surface area contributed by atoms with Crippen molar-refractivity contribution in [3.05, 3.63) is 76.9 Å². The zero-order chi connectivity index (χ0) is 20.0. The predicted molar refractivity (Wildman–Crippen MR) is 112 cm³/mol. The van der Waals surface area contributed by atoms with Crippen LogP contribution in [-0.4, -0.2) is 34.8 Å². The number of likely N-dealkylation sites (tertiary alicyclic amines) is 1. The molecule has 0 bridgehead atoms. The minimum atomic E-state index is -0.211. The molecule has 1 heterocycles. The zero-order valence-corrected chi connectivity index (χ0v) is 16.2. The molecule has 1 fully saturated rings. The molecule has 3 aromatic carbocycles. The third-order valence-electron chi connectivity index (χ3n) is 6.36. The number of para-hydroxylation sites is 1. The van der Waals surface area contributed by atoms with E-state index in [2.05, 4.69) is 18.2 Å². The Hall–Kier alpha value is -3.14. The number of piperidine rings is 1. The maximum Gasteiger partial charge on any atom is 0.257 e. The van der Waals surface area contributed by atoms with E-state index in [9.17, 15) is 14.7 Å². The number of aromatic hydroxyl groups is 1. The SMILES string of the molecule is O=C(c1ccc2c3c(cccc13)CC2)C1CCCN(C(=O)c2ccccc2O)C1. The molecule has 146 valence electrons. The van der Waals surface area contributed by atoms with E-state index in [0.717, 1.165) is 36.6 Å². The fraction of sp³-hybridized carbons (Fsp3) is 0.280. The summed E-state index contributed by atoms with van der Waals surface area (Å²) < 4.78 is 0. The van der Waals surface area contributed by atoms with E-state index < -0.39 is 0 Å². The molecule has 29 heavy (non-hydrogen) atoms. The lowest BCUT2D eigenvalue weighted by Crippen LogP contribution is -2.42.